The summed E-state index contributed by atoms with van der Waals surface area (Å²) in [7, 11) is 0. The number of hydrogen-bond donors (Lipinski definition) is 1. The van der Waals surface area contributed by atoms with E-state index in [1.807, 2.05) is 12.1 Å². The van der Waals surface area contributed by atoms with Gasteiger partial charge in [-0.05, 0) is 49.6 Å². The van der Waals surface area contributed by atoms with Gasteiger partial charge in [-0.2, -0.15) is 0 Å². The molecule has 2 rings (SSSR count). The zero-order valence-electron chi connectivity index (χ0n) is 12.4. The highest BCUT2D eigenvalue weighted by Crippen LogP contribution is 2.14. The molecule has 0 aliphatic carbocycles. The Bertz CT molecular complexity index is 503. The number of nitrogens with two attached hydrogens (primary N) is 1. The minimum Gasteiger partial charge on any atom is -0.399 e. The standard InChI is InChI=1S/C17H22N2.2ClH/c1-2-19(17-11-4-3-5-12-17)13-7-9-15-8-6-10-16(18)14-15;;/h3-6,8,10-12,14H,2,7,9,13,18H2,1H3;2*1H. The molecule has 0 amide bonds. The van der Waals surface area contributed by atoms with E-state index in [9.17, 15) is 0 Å². The number of anilines is 2. The highest BCUT2D eigenvalue weighted by molar-refractivity contribution is 5.85. The fourth-order valence-electron chi connectivity index (χ4n) is 2.33. The Kier molecular flexibility index (Phi) is 9.68. The number of nitrogens with zero attached hydrogens (tertiary/aromatic N) is 1. The molecule has 0 fully saturated rings. The molecule has 0 saturated carbocycles. The lowest BCUT2D eigenvalue weighted by molar-refractivity contribution is 0.746. The van der Waals surface area contributed by atoms with Gasteiger partial charge in [-0.25, -0.2) is 0 Å². The van der Waals surface area contributed by atoms with Crippen molar-refractivity contribution in [2.45, 2.75) is 19.8 Å². The minimum absolute atomic E-state index is 0. The summed E-state index contributed by atoms with van der Waals surface area (Å²) in [4.78, 5) is 2.41. The highest BCUT2D eigenvalue weighted by atomic mass is 35.5. The van der Waals surface area contributed by atoms with E-state index >= 15 is 0 Å². The molecule has 0 spiro atoms. The molecule has 4 heteroatoms. The van der Waals surface area contributed by atoms with Crippen LogP contribution in [-0.2, 0) is 6.42 Å². The van der Waals surface area contributed by atoms with E-state index in [2.05, 4.69) is 54.3 Å². The van der Waals surface area contributed by atoms with E-state index in [-0.39, 0.29) is 24.8 Å². The van der Waals surface area contributed by atoms with Crippen molar-refractivity contribution < 1.29 is 0 Å². The first kappa shape index (κ1) is 19.6. The molecule has 2 aromatic carbocycles. The van der Waals surface area contributed by atoms with Gasteiger partial charge in [0.2, 0.25) is 0 Å². The number of halogens is 2. The highest BCUT2D eigenvalue weighted by Gasteiger charge is 2.03. The zero-order valence-corrected chi connectivity index (χ0v) is 14.0. The lowest BCUT2D eigenvalue weighted by atomic mass is 10.1. The van der Waals surface area contributed by atoms with Gasteiger partial charge in [0.1, 0.15) is 0 Å². The number of rotatable bonds is 6. The molecule has 2 aromatic rings. The second-order valence-corrected chi connectivity index (χ2v) is 4.76. The maximum atomic E-state index is 5.80. The molecule has 0 aliphatic heterocycles. The van der Waals surface area contributed by atoms with Crippen LogP contribution in [-0.4, -0.2) is 13.1 Å². The van der Waals surface area contributed by atoms with E-state index in [0.29, 0.717) is 0 Å². The SMILES string of the molecule is CCN(CCCc1cccc(N)c1)c1ccccc1.Cl.Cl. The summed E-state index contributed by atoms with van der Waals surface area (Å²) in [5, 5.41) is 0. The summed E-state index contributed by atoms with van der Waals surface area (Å²) >= 11 is 0. The van der Waals surface area contributed by atoms with E-state index in [4.69, 9.17) is 5.73 Å². The monoisotopic (exact) mass is 326 g/mol. The molecule has 2 nitrogen and oxygen atoms in total. The largest absolute Gasteiger partial charge is 0.399 e. The van der Waals surface area contributed by atoms with Gasteiger partial charge < -0.3 is 10.6 Å². The van der Waals surface area contributed by atoms with Crippen LogP contribution in [0.25, 0.3) is 0 Å². The topological polar surface area (TPSA) is 29.3 Å². The Hall–Kier alpha value is -1.38. The molecular weight excluding hydrogens is 303 g/mol. The molecule has 21 heavy (non-hydrogen) atoms. The Labute approximate surface area is 140 Å². The summed E-state index contributed by atoms with van der Waals surface area (Å²) in [5.41, 5.74) is 9.28. The van der Waals surface area contributed by atoms with Crippen molar-refractivity contribution in [3.63, 3.8) is 0 Å². The fraction of sp³-hybridized carbons (Fsp3) is 0.294. The third-order valence-electron chi connectivity index (χ3n) is 3.35. The summed E-state index contributed by atoms with van der Waals surface area (Å²) in [6.07, 6.45) is 2.22. The van der Waals surface area contributed by atoms with Crippen molar-refractivity contribution in [2.24, 2.45) is 0 Å². The molecule has 0 radical (unpaired) electrons. The van der Waals surface area contributed by atoms with E-state index in [1.54, 1.807) is 0 Å². The van der Waals surface area contributed by atoms with Crippen LogP contribution in [0.5, 0.6) is 0 Å². The van der Waals surface area contributed by atoms with Crippen molar-refractivity contribution in [3.05, 3.63) is 60.2 Å². The number of para-hydroxylation sites is 1. The van der Waals surface area contributed by atoms with E-state index in [0.717, 1.165) is 31.6 Å². The van der Waals surface area contributed by atoms with Crippen LogP contribution in [0.3, 0.4) is 0 Å². The van der Waals surface area contributed by atoms with E-state index in [1.165, 1.54) is 11.3 Å². The van der Waals surface area contributed by atoms with E-state index < -0.39 is 0 Å². The predicted molar refractivity (Wildman–Crippen MR) is 98.0 cm³/mol. The first-order valence-corrected chi connectivity index (χ1v) is 6.94. The van der Waals surface area contributed by atoms with Gasteiger partial charge in [-0.1, -0.05) is 30.3 Å². The molecule has 116 valence electrons. The maximum Gasteiger partial charge on any atom is 0.0366 e. The van der Waals surface area contributed by atoms with Gasteiger partial charge in [-0.3, -0.25) is 0 Å². The molecular formula is C17H24Cl2N2. The molecule has 0 atom stereocenters. The third-order valence-corrected chi connectivity index (χ3v) is 3.35. The predicted octanol–water partition coefficient (Wildman–Crippen LogP) is 4.57. The lowest BCUT2D eigenvalue weighted by Gasteiger charge is -2.23. The normalized spacial score (nSPS) is 9.38. The van der Waals surface area contributed by atoms with Gasteiger partial charge in [0.25, 0.3) is 0 Å². The molecule has 0 unspecified atom stereocenters. The first-order valence-electron chi connectivity index (χ1n) is 6.94. The molecule has 0 saturated heterocycles. The molecule has 0 heterocycles. The van der Waals surface area contributed by atoms with Gasteiger partial charge in [-0.15, -0.1) is 24.8 Å². The second kappa shape index (κ2) is 10.4. The van der Waals surface area contributed by atoms with Crippen molar-refractivity contribution in [2.75, 3.05) is 23.7 Å². The van der Waals surface area contributed by atoms with Crippen LogP contribution in [0, 0.1) is 0 Å². The molecule has 2 N–H and O–H groups in total. The third kappa shape index (κ3) is 6.28. The summed E-state index contributed by atoms with van der Waals surface area (Å²) in [5.74, 6) is 0. The van der Waals surface area contributed by atoms with Crippen molar-refractivity contribution in [1.29, 1.82) is 0 Å². The molecule has 0 aromatic heterocycles. The van der Waals surface area contributed by atoms with Gasteiger partial charge in [0, 0.05) is 24.5 Å². The van der Waals surface area contributed by atoms with Crippen molar-refractivity contribution in [3.8, 4) is 0 Å². The van der Waals surface area contributed by atoms with Crippen LogP contribution >= 0.6 is 24.8 Å². The Morgan fingerprint density at radius 2 is 1.67 bits per heavy atom. The van der Waals surface area contributed by atoms with Crippen molar-refractivity contribution in [1.82, 2.24) is 0 Å². The number of aryl methyl sites for hydroxylation is 1. The summed E-state index contributed by atoms with van der Waals surface area (Å²) < 4.78 is 0. The number of benzene rings is 2. The van der Waals surface area contributed by atoms with Crippen molar-refractivity contribution >= 4 is 36.2 Å². The average molecular weight is 327 g/mol. The van der Waals surface area contributed by atoms with Crippen LogP contribution in [0.1, 0.15) is 18.9 Å². The smallest absolute Gasteiger partial charge is 0.0366 e. The Balaban J connectivity index is 0.00000200. The van der Waals surface area contributed by atoms with Crippen LogP contribution in [0.15, 0.2) is 54.6 Å². The van der Waals surface area contributed by atoms with Gasteiger partial charge >= 0.3 is 0 Å². The Morgan fingerprint density at radius 3 is 2.29 bits per heavy atom. The number of nitrogen functional groups attached to an aromatic ring is 1. The van der Waals surface area contributed by atoms with Gasteiger partial charge in [0.15, 0.2) is 0 Å². The Morgan fingerprint density at radius 1 is 0.952 bits per heavy atom. The average Bonchev–Trinajstić information content (AvgIpc) is 2.45. The number of hydrogen-bond acceptors (Lipinski definition) is 2. The quantitative estimate of drug-likeness (QED) is 0.788. The maximum absolute atomic E-state index is 5.80. The van der Waals surface area contributed by atoms with Crippen LogP contribution in [0.4, 0.5) is 11.4 Å². The van der Waals surface area contributed by atoms with Gasteiger partial charge in [0.05, 0.1) is 0 Å². The van der Waals surface area contributed by atoms with Crippen LogP contribution in [0.2, 0.25) is 0 Å². The first-order chi connectivity index (χ1) is 9.29. The van der Waals surface area contributed by atoms with Crippen LogP contribution < -0.4 is 10.6 Å². The fourth-order valence-corrected chi connectivity index (χ4v) is 2.33. The molecule has 0 aliphatic rings. The second-order valence-electron chi connectivity index (χ2n) is 4.76. The minimum atomic E-state index is 0. The lowest BCUT2D eigenvalue weighted by Crippen LogP contribution is -2.24. The summed E-state index contributed by atoms with van der Waals surface area (Å²) in [6, 6.07) is 18.8. The molecule has 0 bridgehead atoms. The summed E-state index contributed by atoms with van der Waals surface area (Å²) in [6.45, 7) is 4.32. The zero-order chi connectivity index (χ0) is 13.5.